The number of pyridine rings is 1. The van der Waals surface area contributed by atoms with Gasteiger partial charge in [0.05, 0.1) is 46.2 Å². The minimum absolute atomic E-state index is 0.0346. The number of hydrogen-bond donors (Lipinski definition) is 0. The number of carbonyl (C=O) groups is 1. The molecule has 0 radical (unpaired) electrons. The molecule has 0 bridgehead atoms. The molecule has 4 heterocycles. The third-order valence-corrected chi connectivity index (χ3v) is 10.5. The number of nitriles is 1. The zero-order valence-electron chi connectivity index (χ0n) is 20.3. The zero-order chi connectivity index (χ0) is 25.8. The van der Waals surface area contributed by atoms with Crippen molar-refractivity contribution in [2.75, 3.05) is 18.0 Å². The second-order valence-electron chi connectivity index (χ2n) is 10.1. The predicted molar refractivity (Wildman–Crippen MR) is 139 cm³/mol. The first-order valence-electron chi connectivity index (χ1n) is 12.6. The Hall–Kier alpha value is -3.00. The van der Waals surface area contributed by atoms with Crippen LogP contribution in [0.3, 0.4) is 0 Å². The van der Waals surface area contributed by atoms with E-state index in [9.17, 15) is 13.2 Å². The van der Waals surface area contributed by atoms with Gasteiger partial charge in [-0.25, -0.2) is 17.7 Å². The molecule has 2 aliphatic heterocycles. The van der Waals surface area contributed by atoms with Crippen molar-refractivity contribution in [3.63, 3.8) is 0 Å². The number of unbranched alkanes of at least 4 members (excludes halogenated alkanes) is 1. The van der Waals surface area contributed by atoms with Crippen molar-refractivity contribution >= 4 is 44.3 Å². The van der Waals surface area contributed by atoms with E-state index in [2.05, 4.69) is 15.6 Å². The topological polar surface area (TPSA) is 112 Å². The van der Waals surface area contributed by atoms with Gasteiger partial charge in [0, 0.05) is 37.3 Å². The summed E-state index contributed by atoms with van der Waals surface area (Å²) in [5.74, 6) is 0.678. The molecule has 2 fully saturated rings. The fourth-order valence-electron chi connectivity index (χ4n) is 5.81. The lowest BCUT2D eigenvalue weighted by Crippen LogP contribution is -2.50. The van der Waals surface area contributed by atoms with Crippen molar-refractivity contribution in [3.8, 4) is 6.07 Å². The molecule has 0 unspecified atom stereocenters. The summed E-state index contributed by atoms with van der Waals surface area (Å²) < 4.78 is 29.3. The Morgan fingerprint density at radius 1 is 1.19 bits per heavy atom. The van der Waals surface area contributed by atoms with Crippen LogP contribution in [-0.2, 0) is 33.3 Å². The molecule has 6 rings (SSSR count). The zero-order valence-corrected chi connectivity index (χ0v) is 21.9. The number of aryl methyl sites for hydroxylation is 1. The summed E-state index contributed by atoms with van der Waals surface area (Å²) in [6.45, 7) is 1.53. The quantitative estimate of drug-likeness (QED) is 0.423. The third-order valence-electron chi connectivity index (χ3n) is 7.90. The molecule has 0 atom stereocenters. The molecule has 1 spiro atoms. The molecular weight excluding hydrogens is 512 g/mol. The van der Waals surface area contributed by atoms with E-state index in [1.165, 1.54) is 0 Å². The summed E-state index contributed by atoms with van der Waals surface area (Å²) in [5.41, 5.74) is 2.54. The van der Waals surface area contributed by atoms with Crippen LogP contribution >= 0.6 is 11.6 Å². The number of rotatable bonds is 7. The van der Waals surface area contributed by atoms with Crippen LogP contribution in [-0.4, -0.2) is 51.5 Å². The van der Waals surface area contributed by atoms with Gasteiger partial charge in [0.25, 0.3) is 0 Å². The van der Waals surface area contributed by atoms with Gasteiger partial charge in [0.15, 0.2) is 0 Å². The van der Waals surface area contributed by atoms with Crippen molar-refractivity contribution < 1.29 is 13.2 Å². The fraction of sp³-hybridized carbons (Fsp3) is 0.462. The molecule has 1 saturated heterocycles. The summed E-state index contributed by atoms with van der Waals surface area (Å²) in [5, 5.41) is 9.37. The maximum atomic E-state index is 14.1. The number of carbonyl (C=O) groups excluding carboxylic acids is 1. The van der Waals surface area contributed by atoms with E-state index in [4.69, 9.17) is 21.8 Å². The minimum atomic E-state index is -3.28. The van der Waals surface area contributed by atoms with E-state index in [1.807, 2.05) is 18.2 Å². The molecule has 1 amide bonds. The van der Waals surface area contributed by atoms with E-state index >= 15 is 0 Å². The number of sulfonamides is 1. The average Bonchev–Trinajstić information content (AvgIpc) is 3.68. The van der Waals surface area contributed by atoms with Crippen molar-refractivity contribution in [1.29, 1.82) is 5.26 Å². The van der Waals surface area contributed by atoms with Crippen LogP contribution in [0.25, 0.3) is 11.0 Å². The largest absolute Gasteiger partial charge is 0.326 e. The van der Waals surface area contributed by atoms with E-state index in [-0.39, 0.29) is 17.7 Å². The summed E-state index contributed by atoms with van der Waals surface area (Å²) in [4.78, 5) is 25.0. The van der Waals surface area contributed by atoms with E-state index in [0.717, 1.165) is 35.1 Å². The number of imidazole rings is 1. The highest BCUT2D eigenvalue weighted by Crippen LogP contribution is 2.49. The molecule has 3 aliphatic rings. The number of benzene rings is 1. The van der Waals surface area contributed by atoms with Gasteiger partial charge in [-0.05, 0) is 61.9 Å². The molecule has 192 valence electrons. The number of fused-ring (bicyclic) bond motifs is 3. The Labute approximate surface area is 220 Å². The normalized spacial score (nSPS) is 19.5. The van der Waals surface area contributed by atoms with Crippen LogP contribution in [0.4, 0.5) is 5.69 Å². The number of hydrogen-bond acceptors (Lipinski definition) is 6. The van der Waals surface area contributed by atoms with E-state index < -0.39 is 15.4 Å². The van der Waals surface area contributed by atoms with Crippen molar-refractivity contribution in [2.45, 2.75) is 62.3 Å². The van der Waals surface area contributed by atoms with Gasteiger partial charge in [-0.2, -0.15) is 5.26 Å². The van der Waals surface area contributed by atoms with Crippen molar-refractivity contribution in [2.24, 2.45) is 0 Å². The van der Waals surface area contributed by atoms with E-state index in [1.54, 1.807) is 27.7 Å². The van der Waals surface area contributed by atoms with Crippen molar-refractivity contribution in [3.05, 3.63) is 53.1 Å². The maximum Gasteiger partial charge on any atom is 0.238 e. The molecule has 1 saturated carbocycles. The van der Waals surface area contributed by atoms with Gasteiger partial charge in [0.2, 0.25) is 15.9 Å². The van der Waals surface area contributed by atoms with Crippen molar-refractivity contribution in [1.82, 2.24) is 18.8 Å². The summed E-state index contributed by atoms with van der Waals surface area (Å²) >= 11 is 6.22. The van der Waals surface area contributed by atoms with Crippen LogP contribution in [0.1, 0.15) is 49.9 Å². The Morgan fingerprint density at radius 3 is 2.70 bits per heavy atom. The van der Waals surface area contributed by atoms with Gasteiger partial charge in [-0.15, -0.1) is 0 Å². The average molecular weight is 539 g/mol. The van der Waals surface area contributed by atoms with Gasteiger partial charge < -0.3 is 9.47 Å². The molecule has 37 heavy (non-hydrogen) atoms. The van der Waals surface area contributed by atoms with Gasteiger partial charge in [-0.1, -0.05) is 11.6 Å². The van der Waals surface area contributed by atoms with Crippen LogP contribution in [0.5, 0.6) is 0 Å². The Bertz CT molecular complexity index is 1530. The number of anilines is 1. The third kappa shape index (κ3) is 4.00. The Balaban J connectivity index is 1.33. The lowest BCUT2D eigenvalue weighted by molar-refractivity contribution is -0.124. The lowest BCUT2D eigenvalue weighted by atomic mass is 9.74. The molecule has 9 nitrogen and oxygen atoms in total. The second-order valence-corrected chi connectivity index (χ2v) is 12.7. The highest BCUT2D eigenvalue weighted by molar-refractivity contribution is 7.90. The summed E-state index contributed by atoms with van der Waals surface area (Å²) in [6, 6.07) is 9.62. The summed E-state index contributed by atoms with van der Waals surface area (Å²) in [7, 11) is -3.28. The first kappa shape index (κ1) is 24.3. The fourth-order valence-corrected chi connectivity index (χ4v) is 7.82. The van der Waals surface area contributed by atoms with Crippen LogP contribution in [0.15, 0.2) is 36.7 Å². The number of halogens is 1. The molecule has 1 aliphatic carbocycles. The van der Waals surface area contributed by atoms with Gasteiger partial charge >= 0.3 is 0 Å². The molecule has 0 N–H and O–H groups in total. The number of amides is 1. The molecular formula is C26H27ClN6O3S. The predicted octanol–water partition coefficient (Wildman–Crippen LogP) is 3.76. The van der Waals surface area contributed by atoms with Crippen LogP contribution in [0.2, 0.25) is 5.02 Å². The van der Waals surface area contributed by atoms with Crippen LogP contribution < -0.4 is 4.90 Å². The highest BCUT2D eigenvalue weighted by Gasteiger charge is 2.54. The van der Waals surface area contributed by atoms with Gasteiger partial charge in [0.1, 0.15) is 5.82 Å². The first-order valence-corrected chi connectivity index (χ1v) is 14.5. The smallest absolute Gasteiger partial charge is 0.238 e. The standard InChI is InChI=1S/C26H27ClN6O3S/c27-18-3-6-22-21(15-18)30-24(32(22)12-2-1-10-28)17-33-23-16-29-11-7-20(23)26(25(33)34)8-13-31(14-9-26)37(35,36)19-4-5-19/h3,6-7,11,15-16,19H,1-2,4-5,8-9,12-14,17H2. The second kappa shape index (κ2) is 9.08. The van der Waals surface area contributed by atoms with Crippen LogP contribution in [0, 0.1) is 11.3 Å². The number of nitrogens with zero attached hydrogens (tertiary/aromatic N) is 6. The Morgan fingerprint density at radius 2 is 1.97 bits per heavy atom. The lowest BCUT2D eigenvalue weighted by Gasteiger charge is -2.37. The SMILES string of the molecule is N#CCCCn1c(CN2C(=O)C3(CCN(S(=O)(=O)C4CC4)CC3)c3ccncc32)nc2cc(Cl)ccc21. The number of aromatic nitrogens is 3. The molecule has 11 heteroatoms. The first-order chi connectivity index (χ1) is 17.8. The molecule has 1 aromatic carbocycles. The van der Waals surface area contributed by atoms with E-state index in [0.29, 0.717) is 56.2 Å². The minimum Gasteiger partial charge on any atom is -0.326 e. The maximum absolute atomic E-state index is 14.1. The number of piperidine rings is 1. The monoisotopic (exact) mass is 538 g/mol. The highest BCUT2D eigenvalue weighted by atomic mass is 35.5. The molecule has 3 aromatic rings. The molecule has 2 aromatic heterocycles. The van der Waals surface area contributed by atoms with Gasteiger partial charge in [-0.3, -0.25) is 9.78 Å². The summed E-state index contributed by atoms with van der Waals surface area (Å²) in [6.07, 6.45) is 6.85. The Kier molecular flexibility index (Phi) is 5.97.